The maximum Gasteiger partial charge on any atom is 0.251 e. The molecule has 0 aromatic heterocycles. The monoisotopic (exact) mass is 1110 g/mol. The number of rotatable bonds is 36. The molecular formula is C47H70N10O15S3. The summed E-state index contributed by atoms with van der Waals surface area (Å²) >= 11 is 0. The second-order valence-corrected chi connectivity index (χ2v) is 22.2. The van der Waals surface area contributed by atoms with Crippen molar-refractivity contribution >= 4 is 65.5 Å². The van der Waals surface area contributed by atoms with Gasteiger partial charge in [-0.15, -0.1) is 0 Å². The predicted molar refractivity (Wildman–Crippen MR) is 275 cm³/mol. The van der Waals surface area contributed by atoms with Crippen molar-refractivity contribution in [3.63, 3.8) is 0 Å². The molecule has 0 aliphatic heterocycles. The number of hydrogen-bond acceptors (Lipinski definition) is 16. The third kappa shape index (κ3) is 25.4. The number of hydrogen-bond donors (Lipinski definition) is 10. The zero-order valence-corrected chi connectivity index (χ0v) is 44.5. The first kappa shape index (κ1) is 63.3. The second-order valence-electron chi connectivity index (χ2n) is 17.5. The topological polar surface area (TPSA) is 395 Å². The van der Waals surface area contributed by atoms with Crippen molar-refractivity contribution in [1.82, 2.24) is 37.2 Å². The van der Waals surface area contributed by atoms with Gasteiger partial charge in [0.05, 0.1) is 59.9 Å². The first-order chi connectivity index (χ1) is 35.4. The van der Waals surface area contributed by atoms with Crippen LogP contribution in [0, 0.1) is 5.92 Å². The summed E-state index contributed by atoms with van der Waals surface area (Å²) in [5.41, 5.74) is -0.264. The van der Waals surface area contributed by atoms with Crippen molar-refractivity contribution in [3.8, 4) is 0 Å². The number of benzene rings is 3. The molecule has 416 valence electrons. The summed E-state index contributed by atoms with van der Waals surface area (Å²) in [6.07, 6.45) is 1.23. The molecule has 0 saturated carbocycles. The lowest BCUT2D eigenvalue weighted by atomic mass is 10.0. The van der Waals surface area contributed by atoms with Crippen LogP contribution < -0.4 is 52.6 Å². The van der Waals surface area contributed by atoms with Crippen LogP contribution in [0.3, 0.4) is 0 Å². The van der Waals surface area contributed by atoms with Gasteiger partial charge in [0.2, 0.25) is 47.8 Å². The Balaban J connectivity index is 1.47. The summed E-state index contributed by atoms with van der Waals surface area (Å²) in [6, 6.07) is 15.5. The number of carbonyl (C=O) groups excluding carboxylic acids is 6. The van der Waals surface area contributed by atoms with Crippen LogP contribution in [0.25, 0.3) is 0 Å². The molecule has 0 aliphatic carbocycles. The van der Waals surface area contributed by atoms with Crippen molar-refractivity contribution in [2.24, 2.45) is 21.3 Å². The van der Waals surface area contributed by atoms with E-state index in [9.17, 15) is 54.0 Å². The van der Waals surface area contributed by atoms with E-state index >= 15 is 0 Å². The number of nitrogens with one attached hydrogen (secondary N) is 7. The van der Waals surface area contributed by atoms with E-state index in [1.807, 2.05) is 13.8 Å². The molecule has 0 aliphatic rings. The Kier molecular flexibility index (Phi) is 26.9. The van der Waals surface area contributed by atoms with Crippen LogP contribution in [0.4, 0.5) is 0 Å². The van der Waals surface area contributed by atoms with Crippen LogP contribution in [0.5, 0.6) is 0 Å². The van der Waals surface area contributed by atoms with Gasteiger partial charge in [0.25, 0.3) is 17.7 Å². The SMILES string of the molecule is CC(C)CNC(COCCC(=O)NCCCNC(=O)c1ccc(S(N)(=O)=O)cc1)(COCCC(=O)NCCCNC(=O)c1ccc(S(N)(=O)=O)cc1)COCCC(=O)NCCCNC(=O)c1ccc(S(N)(=O)=O)cc1. The Morgan fingerprint density at radius 1 is 0.440 bits per heavy atom. The number of carbonyl (C=O) groups is 6. The van der Waals surface area contributed by atoms with Gasteiger partial charge >= 0.3 is 0 Å². The van der Waals surface area contributed by atoms with Gasteiger partial charge in [-0.3, -0.25) is 28.8 Å². The Hall–Kier alpha value is -5.95. The van der Waals surface area contributed by atoms with E-state index in [4.69, 9.17) is 29.6 Å². The van der Waals surface area contributed by atoms with Crippen molar-refractivity contribution in [2.75, 3.05) is 85.5 Å². The number of primary sulfonamides is 3. The summed E-state index contributed by atoms with van der Waals surface area (Å²) in [5, 5.41) is 35.2. The normalized spacial score (nSPS) is 11.9. The molecule has 6 amide bonds. The van der Waals surface area contributed by atoms with E-state index in [2.05, 4.69) is 37.2 Å². The fraction of sp³-hybridized carbons (Fsp3) is 0.489. The van der Waals surface area contributed by atoms with Gasteiger partial charge in [0.1, 0.15) is 0 Å². The van der Waals surface area contributed by atoms with Crippen LogP contribution in [-0.4, -0.2) is 152 Å². The van der Waals surface area contributed by atoms with Crippen molar-refractivity contribution in [2.45, 2.75) is 72.6 Å². The van der Waals surface area contributed by atoms with Gasteiger partial charge in [-0.25, -0.2) is 40.7 Å². The molecule has 0 bridgehead atoms. The van der Waals surface area contributed by atoms with Gasteiger partial charge in [-0.1, -0.05) is 13.8 Å². The van der Waals surface area contributed by atoms with E-state index in [1.54, 1.807) is 0 Å². The number of ether oxygens (including phenoxy) is 3. The molecule has 3 aromatic carbocycles. The van der Waals surface area contributed by atoms with E-state index in [0.717, 1.165) is 0 Å². The maximum atomic E-state index is 12.7. The molecule has 3 aromatic rings. The first-order valence-corrected chi connectivity index (χ1v) is 28.5. The van der Waals surface area contributed by atoms with Crippen LogP contribution in [0.15, 0.2) is 87.5 Å². The van der Waals surface area contributed by atoms with Crippen molar-refractivity contribution in [1.29, 1.82) is 0 Å². The number of sulfonamides is 3. The first-order valence-electron chi connectivity index (χ1n) is 23.9. The van der Waals surface area contributed by atoms with Crippen LogP contribution in [0.2, 0.25) is 0 Å². The average molecular weight is 1110 g/mol. The van der Waals surface area contributed by atoms with Gasteiger partial charge in [-0.2, -0.15) is 0 Å². The molecule has 3 rings (SSSR count). The van der Waals surface area contributed by atoms with Gasteiger partial charge in [0, 0.05) is 75.2 Å². The smallest absolute Gasteiger partial charge is 0.251 e. The predicted octanol–water partition coefficient (Wildman–Crippen LogP) is -1.06. The summed E-state index contributed by atoms with van der Waals surface area (Å²) in [5.74, 6) is -2.01. The molecule has 0 fully saturated rings. The zero-order chi connectivity index (χ0) is 55.5. The lowest BCUT2D eigenvalue weighted by Crippen LogP contribution is -2.57. The standard InChI is InChI=1S/C47H70N10O15S3/c1-34(2)30-57-47(31-70-27-18-41(58)51-21-3-24-54-44(61)35-6-12-38(13-7-35)73(48,64)65,32-71-28-19-42(59)52-22-4-25-55-45(62)36-8-14-39(15-9-36)74(49,66)67)33-72-29-20-43(60)53-23-5-26-56-46(63)37-10-16-40(17-11-37)75(50,68)69/h6-17,34,57H,3-5,18-33H2,1-2H3,(H,51,58)(H,52,59)(H,53,60)(H,54,61)(H,55,62)(H,56,63)(H2,48,64,65)(H2,49,66,67)(H2,50,68,69). The Labute approximate surface area is 438 Å². The molecule has 13 N–H and O–H groups in total. The van der Waals surface area contributed by atoms with Crippen LogP contribution >= 0.6 is 0 Å². The Bertz CT molecular complexity index is 2390. The highest BCUT2D eigenvalue weighted by atomic mass is 32.2. The van der Waals surface area contributed by atoms with E-state index in [0.29, 0.717) is 25.8 Å². The van der Waals surface area contributed by atoms with Gasteiger partial charge in [-0.05, 0) is 105 Å². The molecule has 0 radical (unpaired) electrons. The van der Waals surface area contributed by atoms with E-state index in [-0.39, 0.29) is 153 Å². The molecule has 0 spiro atoms. The van der Waals surface area contributed by atoms with E-state index in [1.165, 1.54) is 72.8 Å². The minimum atomic E-state index is -3.90. The minimum Gasteiger partial charge on any atom is -0.379 e. The molecule has 0 unspecified atom stereocenters. The van der Waals surface area contributed by atoms with Gasteiger partial charge in [0.15, 0.2) is 0 Å². The highest BCUT2D eigenvalue weighted by molar-refractivity contribution is 7.89. The second kappa shape index (κ2) is 31.8. The molecule has 0 atom stereocenters. The van der Waals surface area contributed by atoms with Crippen molar-refractivity contribution in [3.05, 3.63) is 89.5 Å². The fourth-order valence-electron chi connectivity index (χ4n) is 6.51. The molecule has 25 nitrogen and oxygen atoms in total. The van der Waals surface area contributed by atoms with Crippen LogP contribution in [0.1, 0.15) is 83.4 Å². The lowest BCUT2D eigenvalue weighted by molar-refractivity contribution is -0.122. The summed E-state index contributed by atoms with van der Waals surface area (Å²) in [6.45, 7) is 6.05. The molecular weight excluding hydrogens is 1040 g/mol. The summed E-state index contributed by atoms with van der Waals surface area (Å²) < 4.78 is 86.9. The number of amides is 6. The Morgan fingerprint density at radius 3 is 0.933 bits per heavy atom. The quantitative estimate of drug-likeness (QED) is 0.0310. The Morgan fingerprint density at radius 2 is 0.693 bits per heavy atom. The number of nitrogens with two attached hydrogens (primary N) is 3. The average Bonchev–Trinajstić information content (AvgIpc) is 3.36. The fourth-order valence-corrected chi connectivity index (χ4v) is 8.06. The lowest BCUT2D eigenvalue weighted by Gasteiger charge is -2.35. The molecule has 0 saturated heterocycles. The molecule has 0 heterocycles. The zero-order valence-electron chi connectivity index (χ0n) is 42.0. The molecule has 75 heavy (non-hydrogen) atoms. The maximum absolute atomic E-state index is 12.7. The third-order valence-electron chi connectivity index (χ3n) is 10.7. The highest BCUT2D eigenvalue weighted by Crippen LogP contribution is 2.13. The van der Waals surface area contributed by atoms with E-state index < -0.39 is 53.3 Å². The van der Waals surface area contributed by atoms with Gasteiger partial charge < -0.3 is 51.4 Å². The largest absolute Gasteiger partial charge is 0.379 e. The van der Waals surface area contributed by atoms with Crippen LogP contribution in [-0.2, 0) is 58.7 Å². The molecule has 28 heteroatoms. The summed E-state index contributed by atoms with van der Waals surface area (Å²) in [7, 11) is -11.7. The third-order valence-corrected chi connectivity index (χ3v) is 13.4. The summed E-state index contributed by atoms with van der Waals surface area (Å²) in [4.78, 5) is 75.0. The highest BCUT2D eigenvalue weighted by Gasteiger charge is 2.32. The minimum absolute atomic E-state index is 0.00105. The van der Waals surface area contributed by atoms with Crippen molar-refractivity contribution < 1.29 is 68.2 Å².